The fraction of sp³-hybridized carbons (Fsp3) is 0.300. The predicted octanol–water partition coefficient (Wildman–Crippen LogP) is 6.50. The van der Waals surface area contributed by atoms with Crippen LogP contribution < -0.4 is 15.4 Å². The van der Waals surface area contributed by atoms with E-state index in [1.165, 1.54) is 30.2 Å². The third kappa shape index (κ3) is 9.93. The van der Waals surface area contributed by atoms with Crippen LogP contribution in [0.25, 0.3) is 0 Å². The number of amides is 2. The number of carboxylic acids is 1. The lowest BCUT2D eigenvalue weighted by molar-refractivity contribution is -0.275. The molecule has 218 valence electrons. The first-order chi connectivity index (χ1) is 19.5. The fourth-order valence-corrected chi connectivity index (χ4v) is 4.75. The molecule has 0 radical (unpaired) electrons. The number of carbonyl (C=O) groups is 3. The first kappa shape index (κ1) is 31.7. The number of nitrogens with one attached hydrogen (secondary N) is 2. The van der Waals surface area contributed by atoms with Crippen LogP contribution in [0, 0.1) is 0 Å². The summed E-state index contributed by atoms with van der Waals surface area (Å²) in [5, 5.41) is 14.2. The third-order valence-electron chi connectivity index (χ3n) is 6.30. The molecule has 0 bridgehead atoms. The van der Waals surface area contributed by atoms with Gasteiger partial charge in [-0.3, -0.25) is 9.59 Å². The Balaban J connectivity index is 1.73. The zero-order chi connectivity index (χ0) is 30.0. The molecule has 0 aliphatic carbocycles. The van der Waals surface area contributed by atoms with Crippen LogP contribution in [0.15, 0.2) is 71.2 Å². The molecule has 11 heteroatoms. The van der Waals surface area contributed by atoms with Crippen LogP contribution >= 0.6 is 15.9 Å². The minimum absolute atomic E-state index is 0.0653. The molecule has 0 heterocycles. The van der Waals surface area contributed by atoms with Gasteiger partial charge >= 0.3 is 18.2 Å². The number of unbranched alkanes of at least 4 members (excludes halogenated alkanes) is 2. The van der Waals surface area contributed by atoms with Gasteiger partial charge in [0.1, 0.15) is 5.75 Å². The number of ether oxygens (including phenoxy) is 1. The third-order valence-corrected chi connectivity index (χ3v) is 7.04. The van der Waals surface area contributed by atoms with E-state index in [0.29, 0.717) is 22.1 Å². The van der Waals surface area contributed by atoms with E-state index in [1.807, 2.05) is 12.1 Å². The highest BCUT2D eigenvalue weighted by molar-refractivity contribution is 9.10. The first-order valence-corrected chi connectivity index (χ1v) is 13.8. The average molecular weight is 635 g/mol. The van der Waals surface area contributed by atoms with Crippen molar-refractivity contribution in [2.24, 2.45) is 0 Å². The van der Waals surface area contributed by atoms with Gasteiger partial charge in [-0.25, -0.2) is 4.79 Å². The maximum atomic E-state index is 13.0. The van der Waals surface area contributed by atoms with Gasteiger partial charge in [0.25, 0.3) is 5.91 Å². The second kappa shape index (κ2) is 14.7. The Bertz CT molecular complexity index is 1360. The van der Waals surface area contributed by atoms with E-state index < -0.39 is 30.0 Å². The van der Waals surface area contributed by atoms with Gasteiger partial charge in [0.2, 0.25) is 0 Å². The number of benzene rings is 3. The lowest BCUT2D eigenvalue weighted by Crippen LogP contribution is -2.35. The molecular weight excluding hydrogens is 605 g/mol. The van der Waals surface area contributed by atoms with Crippen molar-refractivity contribution in [2.75, 3.05) is 0 Å². The molecule has 3 rings (SSSR count). The van der Waals surface area contributed by atoms with Gasteiger partial charge in [-0.15, -0.1) is 13.2 Å². The second-order valence-corrected chi connectivity index (χ2v) is 10.2. The molecule has 0 spiro atoms. The lowest BCUT2D eigenvalue weighted by atomic mass is 9.97. The predicted molar refractivity (Wildman–Crippen MR) is 150 cm³/mol. The Labute approximate surface area is 244 Å². The van der Waals surface area contributed by atoms with Gasteiger partial charge in [0.15, 0.2) is 0 Å². The number of rotatable bonds is 12. The Hall–Kier alpha value is -3.86. The molecule has 0 fully saturated rings. The van der Waals surface area contributed by atoms with Crippen molar-refractivity contribution in [1.29, 1.82) is 0 Å². The smallest absolute Gasteiger partial charge is 0.474 e. The van der Waals surface area contributed by atoms with Gasteiger partial charge in [-0.2, -0.15) is 0 Å². The topological polar surface area (TPSA) is 105 Å². The Kier molecular flexibility index (Phi) is 11.3. The zero-order valence-electron chi connectivity index (χ0n) is 22.3. The van der Waals surface area contributed by atoms with Crippen LogP contribution in [0.2, 0.25) is 0 Å². The van der Waals surface area contributed by atoms with Crippen LogP contribution in [0.4, 0.5) is 13.2 Å². The maximum Gasteiger partial charge on any atom is 0.573 e. The first-order valence-electron chi connectivity index (χ1n) is 13.0. The minimum Gasteiger partial charge on any atom is -0.474 e. The van der Waals surface area contributed by atoms with E-state index in [-0.39, 0.29) is 17.9 Å². The van der Waals surface area contributed by atoms with Crippen LogP contribution in [-0.4, -0.2) is 29.3 Å². The van der Waals surface area contributed by atoms with E-state index in [9.17, 15) is 27.6 Å². The van der Waals surface area contributed by atoms with Crippen molar-refractivity contribution >= 4 is 33.7 Å². The summed E-state index contributed by atoms with van der Waals surface area (Å²) >= 11 is 3.39. The van der Waals surface area contributed by atoms with Crippen molar-refractivity contribution in [3.8, 4) is 5.75 Å². The summed E-state index contributed by atoms with van der Waals surface area (Å²) < 4.78 is 43.5. The monoisotopic (exact) mass is 634 g/mol. The fourth-order valence-electron chi connectivity index (χ4n) is 4.21. The van der Waals surface area contributed by atoms with Crippen LogP contribution in [0.5, 0.6) is 5.75 Å². The second-order valence-electron chi connectivity index (χ2n) is 9.38. The summed E-state index contributed by atoms with van der Waals surface area (Å²) in [6, 6.07) is 16.7. The number of hydrogen-bond donors (Lipinski definition) is 3. The van der Waals surface area contributed by atoms with E-state index in [0.717, 1.165) is 30.9 Å². The molecule has 1 atom stereocenters. The minimum atomic E-state index is -5.00. The SMILES string of the molecule is CCCCCc1ccc(CNC(=O)c2ccc(CC(NC(=O)C(=O)O)c3ccccc3OC(F)(F)F)c(Br)c2)cc1. The number of carboxylic acid groups (broad SMARTS) is 1. The summed E-state index contributed by atoms with van der Waals surface area (Å²) in [5.41, 5.74) is 2.98. The zero-order valence-corrected chi connectivity index (χ0v) is 23.8. The molecule has 1 unspecified atom stereocenters. The molecule has 0 aliphatic heterocycles. The molecule has 7 nitrogen and oxygen atoms in total. The molecule has 0 saturated carbocycles. The number of carbonyl (C=O) groups excluding carboxylic acids is 2. The van der Waals surface area contributed by atoms with Gasteiger partial charge in [-0.1, -0.05) is 84.2 Å². The number of halogens is 4. The number of hydrogen-bond acceptors (Lipinski definition) is 4. The molecule has 0 aromatic heterocycles. The van der Waals surface area contributed by atoms with Gasteiger partial charge < -0.3 is 20.5 Å². The standard InChI is InChI=1S/C30H30BrF3N2O5/c1-2-3-4-7-19-10-12-20(13-11-19)18-35-27(37)22-15-14-21(24(31)16-22)17-25(36-28(38)29(39)40)23-8-5-6-9-26(23)41-30(32,33)34/h5-6,8-16,25H,2-4,7,17-18H2,1H3,(H,35,37)(H,36,38)(H,39,40). The Morgan fingerprint density at radius 1 is 0.976 bits per heavy atom. The Morgan fingerprint density at radius 2 is 1.66 bits per heavy atom. The van der Waals surface area contributed by atoms with Gasteiger partial charge in [0.05, 0.1) is 6.04 Å². The summed E-state index contributed by atoms with van der Waals surface area (Å²) in [6.45, 7) is 2.49. The van der Waals surface area contributed by atoms with Crippen LogP contribution in [0.3, 0.4) is 0 Å². The highest BCUT2D eigenvalue weighted by Gasteiger charge is 2.33. The van der Waals surface area contributed by atoms with Crippen molar-refractivity contribution in [2.45, 2.75) is 58.0 Å². The van der Waals surface area contributed by atoms with Gasteiger partial charge in [0, 0.05) is 22.1 Å². The normalized spacial score (nSPS) is 11.9. The van der Waals surface area contributed by atoms with Crippen LogP contribution in [0.1, 0.15) is 64.8 Å². The average Bonchev–Trinajstić information content (AvgIpc) is 2.92. The Morgan fingerprint density at radius 3 is 2.29 bits per heavy atom. The quantitative estimate of drug-likeness (QED) is 0.156. The highest BCUT2D eigenvalue weighted by atomic mass is 79.9. The van der Waals surface area contributed by atoms with Crippen molar-refractivity contribution in [3.63, 3.8) is 0 Å². The summed E-state index contributed by atoms with van der Waals surface area (Å²) in [7, 11) is 0. The van der Waals surface area contributed by atoms with Crippen molar-refractivity contribution in [3.05, 3.63) is 99.0 Å². The maximum absolute atomic E-state index is 13.0. The molecule has 2 amide bonds. The summed E-state index contributed by atoms with van der Waals surface area (Å²) in [5.74, 6) is -4.08. The number of alkyl halides is 3. The summed E-state index contributed by atoms with van der Waals surface area (Å²) in [4.78, 5) is 35.9. The molecular formula is C30H30BrF3N2O5. The number of aliphatic carboxylic acids is 1. The molecule has 3 aromatic carbocycles. The van der Waals surface area contributed by atoms with Crippen molar-refractivity contribution in [1.82, 2.24) is 10.6 Å². The largest absolute Gasteiger partial charge is 0.573 e. The van der Waals surface area contributed by atoms with Crippen molar-refractivity contribution < 1.29 is 37.4 Å². The van der Waals surface area contributed by atoms with E-state index in [2.05, 4.69) is 50.4 Å². The number of para-hydroxylation sites is 1. The van der Waals surface area contributed by atoms with E-state index in [4.69, 9.17) is 5.11 Å². The molecule has 0 saturated heterocycles. The van der Waals surface area contributed by atoms with E-state index >= 15 is 0 Å². The number of aryl methyl sites for hydroxylation is 1. The van der Waals surface area contributed by atoms with Gasteiger partial charge in [-0.05, 0) is 54.2 Å². The highest BCUT2D eigenvalue weighted by Crippen LogP contribution is 2.33. The van der Waals surface area contributed by atoms with E-state index in [1.54, 1.807) is 18.2 Å². The van der Waals surface area contributed by atoms with Crippen LogP contribution in [-0.2, 0) is 29.0 Å². The molecule has 3 aromatic rings. The molecule has 41 heavy (non-hydrogen) atoms. The molecule has 3 N–H and O–H groups in total. The summed E-state index contributed by atoms with van der Waals surface area (Å²) in [6.07, 6.45) is -0.591. The lowest BCUT2D eigenvalue weighted by Gasteiger charge is -2.22. The molecule has 0 aliphatic rings.